The molecular formula is C18H16ClN3O5. The first-order valence-corrected chi connectivity index (χ1v) is 8.57. The summed E-state index contributed by atoms with van der Waals surface area (Å²) in [6.45, 7) is 2.15. The molecule has 8 nitrogen and oxygen atoms in total. The number of nitro benzene ring substituents is 1. The highest BCUT2D eigenvalue weighted by Gasteiger charge is 2.14. The molecule has 2 aromatic carbocycles. The van der Waals surface area contributed by atoms with E-state index in [0.29, 0.717) is 22.6 Å². The predicted octanol–water partition coefficient (Wildman–Crippen LogP) is 3.88. The van der Waals surface area contributed by atoms with Crippen LogP contribution in [0.1, 0.15) is 18.4 Å². The van der Waals surface area contributed by atoms with E-state index in [1.165, 1.54) is 22.8 Å². The van der Waals surface area contributed by atoms with Gasteiger partial charge in [0, 0.05) is 19.0 Å². The molecule has 1 amide bonds. The molecule has 1 N–H and O–H groups in total. The molecule has 140 valence electrons. The summed E-state index contributed by atoms with van der Waals surface area (Å²) in [5.41, 5.74) is 1.96. The maximum atomic E-state index is 12.1. The highest BCUT2D eigenvalue weighted by atomic mass is 35.5. The van der Waals surface area contributed by atoms with Crippen LogP contribution in [-0.2, 0) is 11.3 Å². The Balaban J connectivity index is 1.65. The number of carbonyl (C=O) groups excluding carboxylic acids is 1. The van der Waals surface area contributed by atoms with Crippen LogP contribution in [0.25, 0.3) is 11.1 Å². The highest BCUT2D eigenvalue weighted by Crippen LogP contribution is 2.23. The third kappa shape index (κ3) is 4.17. The minimum absolute atomic E-state index is 0.144. The lowest BCUT2D eigenvalue weighted by atomic mass is 10.2. The van der Waals surface area contributed by atoms with Gasteiger partial charge in [-0.15, -0.1) is 0 Å². The molecule has 0 aliphatic carbocycles. The Morgan fingerprint density at radius 3 is 2.78 bits per heavy atom. The number of nitrogens with one attached hydrogen (secondary N) is 1. The number of fused-ring (bicyclic) bond motifs is 1. The molecule has 0 unspecified atom stereocenters. The minimum Gasteiger partial charge on any atom is -0.407 e. The van der Waals surface area contributed by atoms with Crippen molar-refractivity contribution in [3.63, 3.8) is 0 Å². The summed E-state index contributed by atoms with van der Waals surface area (Å²) in [5.74, 6) is -0.843. The number of benzene rings is 2. The van der Waals surface area contributed by atoms with Crippen molar-refractivity contribution in [1.82, 2.24) is 4.57 Å². The molecule has 1 heterocycles. The van der Waals surface area contributed by atoms with Gasteiger partial charge in [0.2, 0.25) is 5.91 Å². The predicted molar refractivity (Wildman–Crippen MR) is 101 cm³/mol. The summed E-state index contributed by atoms with van der Waals surface area (Å²) >= 11 is 6.09. The zero-order chi connectivity index (χ0) is 19.6. The van der Waals surface area contributed by atoms with Gasteiger partial charge in [-0.2, -0.15) is 0 Å². The number of nitro groups is 1. The number of hydrogen-bond donors (Lipinski definition) is 1. The van der Waals surface area contributed by atoms with Crippen LogP contribution in [0.15, 0.2) is 45.6 Å². The number of carbonyl (C=O) groups is 1. The second-order valence-electron chi connectivity index (χ2n) is 6.06. The van der Waals surface area contributed by atoms with Gasteiger partial charge in [0.05, 0.1) is 27.2 Å². The number of amides is 1. The van der Waals surface area contributed by atoms with Gasteiger partial charge in [-0.05, 0) is 37.1 Å². The van der Waals surface area contributed by atoms with Gasteiger partial charge in [-0.25, -0.2) is 4.79 Å². The van der Waals surface area contributed by atoms with E-state index in [1.807, 2.05) is 13.0 Å². The van der Waals surface area contributed by atoms with Gasteiger partial charge in [0.25, 0.3) is 5.69 Å². The fourth-order valence-corrected chi connectivity index (χ4v) is 2.99. The average molecular weight is 390 g/mol. The molecule has 9 heteroatoms. The number of non-ortho nitro benzene ring substituents is 1. The van der Waals surface area contributed by atoms with Crippen LogP contribution in [0.5, 0.6) is 0 Å². The smallest absolute Gasteiger partial charge is 0.407 e. The molecule has 1 aromatic heterocycles. The molecule has 0 saturated heterocycles. The van der Waals surface area contributed by atoms with Crippen molar-refractivity contribution in [3.8, 4) is 0 Å². The van der Waals surface area contributed by atoms with Crippen LogP contribution in [0.2, 0.25) is 5.02 Å². The summed E-state index contributed by atoms with van der Waals surface area (Å²) in [6, 6.07) is 9.31. The van der Waals surface area contributed by atoms with Gasteiger partial charge in [0.15, 0.2) is 5.58 Å². The minimum atomic E-state index is -0.618. The summed E-state index contributed by atoms with van der Waals surface area (Å²) in [5, 5.41) is 14.0. The molecule has 0 saturated carbocycles. The molecule has 0 spiro atoms. The van der Waals surface area contributed by atoms with E-state index in [4.69, 9.17) is 16.0 Å². The molecular weight excluding hydrogens is 374 g/mol. The van der Waals surface area contributed by atoms with Gasteiger partial charge >= 0.3 is 5.76 Å². The van der Waals surface area contributed by atoms with Crippen molar-refractivity contribution >= 4 is 40.0 Å². The topological polar surface area (TPSA) is 107 Å². The van der Waals surface area contributed by atoms with Crippen molar-refractivity contribution in [2.24, 2.45) is 0 Å². The van der Waals surface area contributed by atoms with E-state index in [9.17, 15) is 19.7 Å². The molecule has 0 bridgehead atoms. The second-order valence-corrected chi connectivity index (χ2v) is 6.47. The fraction of sp³-hybridized carbons (Fsp3) is 0.222. The van der Waals surface area contributed by atoms with E-state index in [0.717, 1.165) is 5.56 Å². The molecule has 0 fully saturated rings. The molecule has 0 aliphatic rings. The number of aromatic nitrogens is 1. The third-order valence-electron chi connectivity index (χ3n) is 4.05. The number of rotatable bonds is 6. The van der Waals surface area contributed by atoms with Crippen LogP contribution in [0.3, 0.4) is 0 Å². The first-order valence-electron chi connectivity index (χ1n) is 8.19. The van der Waals surface area contributed by atoms with Crippen LogP contribution >= 0.6 is 11.6 Å². The molecule has 3 aromatic rings. The van der Waals surface area contributed by atoms with E-state index in [1.54, 1.807) is 12.1 Å². The first kappa shape index (κ1) is 18.7. The summed E-state index contributed by atoms with van der Waals surface area (Å²) in [7, 11) is 0. The molecule has 0 aliphatic heterocycles. The molecule has 27 heavy (non-hydrogen) atoms. The zero-order valence-corrected chi connectivity index (χ0v) is 15.2. The van der Waals surface area contributed by atoms with E-state index in [-0.39, 0.29) is 30.1 Å². The van der Waals surface area contributed by atoms with Crippen LogP contribution in [-0.4, -0.2) is 15.4 Å². The lowest BCUT2D eigenvalue weighted by Gasteiger charge is -2.08. The zero-order valence-electron chi connectivity index (χ0n) is 14.4. The molecule has 3 rings (SSSR count). The van der Waals surface area contributed by atoms with Crippen LogP contribution in [0.4, 0.5) is 11.4 Å². The quantitative estimate of drug-likeness (QED) is 0.508. The standard InChI is InChI=1S/C18H16ClN3O5/c1-11-4-6-14(13(19)9-11)20-17(23)3-2-8-21-15-7-5-12(22(25)26)10-16(15)27-18(21)24/h4-7,9-10H,2-3,8H2,1H3,(H,20,23). The van der Waals surface area contributed by atoms with Gasteiger partial charge in [-0.1, -0.05) is 17.7 Å². The van der Waals surface area contributed by atoms with Crippen molar-refractivity contribution in [1.29, 1.82) is 0 Å². The summed E-state index contributed by atoms with van der Waals surface area (Å²) in [4.78, 5) is 34.3. The maximum Gasteiger partial charge on any atom is 0.419 e. The van der Waals surface area contributed by atoms with Crippen LogP contribution < -0.4 is 11.1 Å². The Hall–Kier alpha value is -3.13. The van der Waals surface area contributed by atoms with Crippen LogP contribution in [0, 0.1) is 17.0 Å². The van der Waals surface area contributed by atoms with Crippen molar-refractivity contribution in [2.75, 3.05) is 5.32 Å². The maximum absolute atomic E-state index is 12.1. The Kier molecular flexibility index (Phi) is 5.27. The Morgan fingerprint density at radius 2 is 2.07 bits per heavy atom. The van der Waals surface area contributed by atoms with Crippen molar-refractivity contribution in [2.45, 2.75) is 26.3 Å². The first-order chi connectivity index (χ1) is 12.8. The number of anilines is 1. The summed E-state index contributed by atoms with van der Waals surface area (Å²) < 4.78 is 6.41. The Bertz CT molecular complexity index is 1090. The molecule has 0 radical (unpaired) electrons. The Morgan fingerprint density at radius 1 is 1.30 bits per heavy atom. The lowest BCUT2D eigenvalue weighted by molar-refractivity contribution is -0.384. The average Bonchev–Trinajstić information content (AvgIpc) is 2.92. The number of hydrogen-bond acceptors (Lipinski definition) is 5. The fourth-order valence-electron chi connectivity index (χ4n) is 2.71. The van der Waals surface area contributed by atoms with Gasteiger partial charge in [-0.3, -0.25) is 19.5 Å². The number of aryl methyl sites for hydroxylation is 2. The Labute approximate surface area is 158 Å². The largest absolute Gasteiger partial charge is 0.419 e. The third-order valence-corrected chi connectivity index (χ3v) is 4.36. The van der Waals surface area contributed by atoms with Gasteiger partial charge < -0.3 is 9.73 Å². The monoisotopic (exact) mass is 389 g/mol. The van der Waals surface area contributed by atoms with Gasteiger partial charge in [0.1, 0.15) is 0 Å². The molecule has 0 atom stereocenters. The summed E-state index contributed by atoms with van der Waals surface area (Å²) in [6.07, 6.45) is 0.567. The lowest BCUT2D eigenvalue weighted by Crippen LogP contribution is -2.17. The van der Waals surface area contributed by atoms with E-state index < -0.39 is 10.7 Å². The van der Waals surface area contributed by atoms with E-state index in [2.05, 4.69) is 5.32 Å². The normalized spacial score (nSPS) is 10.9. The van der Waals surface area contributed by atoms with Crippen molar-refractivity contribution < 1.29 is 14.1 Å². The van der Waals surface area contributed by atoms with E-state index >= 15 is 0 Å². The number of halogens is 1. The number of nitrogens with zero attached hydrogens (tertiary/aromatic N) is 2. The SMILES string of the molecule is Cc1ccc(NC(=O)CCCn2c(=O)oc3cc([N+](=O)[O-])ccc32)c(Cl)c1. The highest BCUT2D eigenvalue weighted by molar-refractivity contribution is 6.33. The number of oxazole rings is 1. The second kappa shape index (κ2) is 7.63. The van der Waals surface area contributed by atoms with Crippen molar-refractivity contribution in [3.05, 3.63) is 67.6 Å².